The van der Waals surface area contributed by atoms with Gasteiger partial charge in [-0.15, -0.1) is 0 Å². The van der Waals surface area contributed by atoms with E-state index in [4.69, 9.17) is 17.5 Å². The van der Waals surface area contributed by atoms with Crippen LogP contribution in [0.5, 0.6) is 0 Å². The van der Waals surface area contributed by atoms with E-state index >= 15 is 0 Å². The second kappa shape index (κ2) is 14.0. The quantitative estimate of drug-likeness (QED) is 0.603. The highest BCUT2D eigenvalue weighted by molar-refractivity contribution is 7.79. The number of benzene rings is 1. The van der Waals surface area contributed by atoms with Crippen molar-refractivity contribution in [3.05, 3.63) is 97.1 Å². The van der Waals surface area contributed by atoms with E-state index in [1.165, 1.54) is 5.56 Å². The van der Waals surface area contributed by atoms with Crippen molar-refractivity contribution in [2.75, 3.05) is 0 Å². The van der Waals surface area contributed by atoms with Gasteiger partial charge in [0.2, 0.25) is 0 Å². The van der Waals surface area contributed by atoms with Gasteiger partial charge in [0.25, 0.3) is 0 Å². The number of rotatable bonds is 0. The second-order valence-electron chi connectivity index (χ2n) is 4.15. The first-order valence-electron chi connectivity index (χ1n) is 6.81. The molecule has 1 aromatic carbocycles. The maximum Gasteiger partial charge on any atom is 0.394 e. The van der Waals surface area contributed by atoms with Crippen molar-refractivity contribution in [1.82, 2.24) is 9.97 Å². The Morgan fingerprint density at radius 2 is 0.958 bits per heavy atom. The molecular formula is C17H20N2O4S. The Morgan fingerprint density at radius 1 is 0.667 bits per heavy atom. The average molecular weight is 348 g/mol. The number of nitrogens with zero attached hydrogens (tertiary/aromatic N) is 2. The van der Waals surface area contributed by atoms with E-state index in [1.807, 2.05) is 54.6 Å². The van der Waals surface area contributed by atoms with Crippen LogP contribution in [0.4, 0.5) is 0 Å². The van der Waals surface area contributed by atoms with E-state index in [-0.39, 0.29) is 0 Å². The number of aromatic nitrogens is 2. The molecule has 0 fully saturated rings. The lowest BCUT2D eigenvalue weighted by molar-refractivity contribution is 0.381. The molecule has 2 aromatic heterocycles. The van der Waals surface area contributed by atoms with Gasteiger partial charge >= 0.3 is 10.4 Å². The fourth-order valence-electron chi connectivity index (χ4n) is 1.16. The Hall–Kier alpha value is -2.61. The minimum absolute atomic E-state index is 1.32. The van der Waals surface area contributed by atoms with Crippen molar-refractivity contribution in [1.29, 1.82) is 0 Å². The van der Waals surface area contributed by atoms with E-state index in [2.05, 4.69) is 29.0 Å². The van der Waals surface area contributed by atoms with Crippen molar-refractivity contribution >= 4 is 10.4 Å². The van der Waals surface area contributed by atoms with Crippen molar-refractivity contribution < 1.29 is 17.5 Å². The van der Waals surface area contributed by atoms with Crippen LogP contribution in [0.15, 0.2) is 91.5 Å². The summed E-state index contributed by atoms with van der Waals surface area (Å²) >= 11 is 0. The van der Waals surface area contributed by atoms with Crippen LogP contribution in [-0.4, -0.2) is 27.5 Å². The van der Waals surface area contributed by atoms with Gasteiger partial charge in [0.15, 0.2) is 0 Å². The van der Waals surface area contributed by atoms with Crippen molar-refractivity contribution in [3.63, 3.8) is 0 Å². The van der Waals surface area contributed by atoms with Gasteiger partial charge in [-0.2, -0.15) is 8.42 Å². The van der Waals surface area contributed by atoms with Gasteiger partial charge in [-0.1, -0.05) is 48.0 Å². The topological polar surface area (TPSA) is 100 Å². The number of aryl methyl sites for hydroxylation is 1. The molecule has 0 spiro atoms. The summed E-state index contributed by atoms with van der Waals surface area (Å²) in [5, 5.41) is 0. The zero-order valence-corrected chi connectivity index (χ0v) is 14.0. The molecule has 24 heavy (non-hydrogen) atoms. The standard InChI is InChI=1S/C7H8.2C5H5N.H2O4S/c1-7-5-3-2-4-6-7;2*1-2-4-6-5-3-1;1-5(2,3)4/h2-6H,1H3;2*1-5H;(H2,1,2,3,4). The molecule has 0 radical (unpaired) electrons. The van der Waals surface area contributed by atoms with E-state index in [0.717, 1.165) is 0 Å². The van der Waals surface area contributed by atoms with Crippen LogP contribution >= 0.6 is 0 Å². The fourth-order valence-corrected chi connectivity index (χ4v) is 1.16. The van der Waals surface area contributed by atoms with Gasteiger partial charge in [-0.25, -0.2) is 0 Å². The Bertz CT molecular complexity index is 616. The van der Waals surface area contributed by atoms with Crippen molar-refractivity contribution in [2.24, 2.45) is 0 Å². The largest absolute Gasteiger partial charge is 0.394 e. The Morgan fingerprint density at radius 3 is 1.08 bits per heavy atom. The molecule has 0 aliphatic rings. The first-order valence-corrected chi connectivity index (χ1v) is 8.21. The molecule has 0 saturated carbocycles. The molecule has 0 aliphatic heterocycles. The highest BCUT2D eigenvalue weighted by atomic mass is 32.3. The van der Waals surface area contributed by atoms with E-state index in [0.29, 0.717) is 0 Å². The average Bonchev–Trinajstić information content (AvgIpc) is 2.58. The molecule has 3 aromatic rings. The Balaban J connectivity index is 0.000000296. The number of hydrogen-bond donors (Lipinski definition) is 2. The van der Waals surface area contributed by atoms with Gasteiger partial charge in [-0.05, 0) is 31.2 Å². The van der Waals surface area contributed by atoms with Crippen LogP contribution < -0.4 is 0 Å². The Kier molecular flexibility index (Phi) is 12.5. The molecule has 3 rings (SSSR count). The molecule has 7 heteroatoms. The van der Waals surface area contributed by atoms with Crippen LogP contribution in [0, 0.1) is 6.92 Å². The molecule has 0 aliphatic carbocycles. The van der Waals surface area contributed by atoms with Crippen LogP contribution in [0.2, 0.25) is 0 Å². The van der Waals surface area contributed by atoms with E-state index in [1.54, 1.807) is 24.8 Å². The molecule has 0 unspecified atom stereocenters. The maximum absolute atomic E-state index is 8.74. The van der Waals surface area contributed by atoms with Crippen molar-refractivity contribution in [2.45, 2.75) is 6.92 Å². The predicted molar refractivity (Wildman–Crippen MR) is 93.8 cm³/mol. The zero-order chi connectivity index (χ0) is 18.1. The van der Waals surface area contributed by atoms with Gasteiger partial charge in [0.05, 0.1) is 0 Å². The summed E-state index contributed by atoms with van der Waals surface area (Å²) in [5.74, 6) is 0. The second-order valence-corrected chi connectivity index (χ2v) is 5.05. The van der Waals surface area contributed by atoms with E-state index < -0.39 is 10.4 Å². The van der Waals surface area contributed by atoms with E-state index in [9.17, 15) is 0 Å². The fraction of sp³-hybridized carbons (Fsp3) is 0.0588. The smallest absolute Gasteiger partial charge is 0.265 e. The summed E-state index contributed by atoms with van der Waals surface area (Å²) in [6.07, 6.45) is 7.00. The lowest BCUT2D eigenvalue weighted by Crippen LogP contribution is -1.89. The zero-order valence-electron chi connectivity index (χ0n) is 13.2. The van der Waals surface area contributed by atoms with Gasteiger partial charge in [-0.3, -0.25) is 19.1 Å². The predicted octanol–water partition coefficient (Wildman–Crippen LogP) is 3.51. The highest BCUT2D eigenvalue weighted by Gasteiger charge is 1.84. The summed E-state index contributed by atoms with van der Waals surface area (Å²) in [7, 11) is -4.67. The molecule has 0 amide bonds. The van der Waals surface area contributed by atoms with Gasteiger partial charge < -0.3 is 0 Å². The molecule has 2 N–H and O–H groups in total. The van der Waals surface area contributed by atoms with Crippen LogP contribution in [0.25, 0.3) is 0 Å². The normalized spacial score (nSPS) is 8.96. The Labute approximate surface area is 142 Å². The molecule has 0 atom stereocenters. The molecule has 2 heterocycles. The van der Waals surface area contributed by atoms with Crippen LogP contribution in [0.3, 0.4) is 0 Å². The minimum atomic E-state index is -4.67. The van der Waals surface area contributed by atoms with Gasteiger partial charge in [0.1, 0.15) is 0 Å². The van der Waals surface area contributed by atoms with Gasteiger partial charge in [0, 0.05) is 24.8 Å². The van der Waals surface area contributed by atoms with Crippen molar-refractivity contribution in [3.8, 4) is 0 Å². The lowest BCUT2D eigenvalue weighted by atomic mass is 10.2. The maximum atomic E-state index is 8.74. The summed E-state index contributed by atoms with van der Waals surface area (Å²) in [6, 6.07) is 21.7. The highest BCUT2D eigenvalue weighted by Crippen LogP contribution is 1.92. The molecule has 128 valence electrons. The summed E-state index contributed by atoms with van der Waals surface area (Å²) < 4.78 is 31.6. The third-order valence-corrected chi connectivity index (χ3v) is 2.07. The molecular weight excluding hydrogens is 328 g/mol. The molecule has 0 saturated heterocycles. The monoisotopic (exact) mass is 348 g/mol. The first-order chi connectivity index (χ1) is 11.4. The summed E-state index contributed by atoms with van der Waals surface area (Å²) in [6.45, 7) is 2.08. The number of pyridine rings is 2. The summed E-state index contributed by atoms with van der Waals surface area (Å²) in [5.41, 5.74) is 1.32. The number of hydrogen-bond acceptors (Lipinski definition) is 4. The molecule has 0 bridgehead atoms. The minimum Gasteiger partial charge on any atom is -0.265 e. The lowest BCUT2D eigenvalue weighted by Gasteiger charge is -1.82. The SMILES string of the molecule is Cc1ccccc1.O=S(=O)(O)O.c1ccncc1.c1ccncc1. The summed E-state index contributed by atoms with van der Waals surface area (Å²) in [4.78, 5) is 7.57. The molecule has 6 nitrogen and oxygen atoms in total. The van der Waals surface area contributed by atoms with Crippen LogP contribution in [0.1, 0.15) is 5.56 Å². The van der Waals surface area contributed by atoms with Crippen LogP contribution in [-0.2, 0) is 10.4 Å². The third-order valence-electron chi connectivity index (χ3n) is 2.07. The first kappa shape index (κ1) is 21.4. The third kappa shape index (κ3) is 21.7.